The van der Waals surface area contributed by atoms with Gasteiger partial charge in [-0.15, -0.1) is 0 Å². The Morgan fingerprint density at radius 2 is 1.57 bits per heavy atom. The topological polar surface area (TPSA) is 168 Å². The van der Waals surface area contributed by atoms with Gasteiger partial charge in [-0.05, 0) is 40.8 Å². The number of benzene rings is 3. The third-order valence-electron chi connectivity index (χ3n) is 8.03. The lowest BCUT2D eigenvalue weighted by molar-refractivity contribution is -0.140. The number of ether oxygens (including phenoxy) is 2. The highest BCUT2D eigenvalue weighted by Crippen LogP contribution is 2.44. The minimum Gasteiger partial charge on any atom is -0.493 e. The van der Waals surface area contributed by atoms with Crippen LogP contribution in [0.2, 0.25) is 0 Å². The molecule has 1 aliphatic carbocycles. The molecule has 3 aromatic rings. The molecule has 2 heterocycles. The zero-order valence-electron chi connectivity index (χ0n) is 23.3. The van der Waals surface area contributed by atoms with Gasteiger partial charge in [0, 0.05) is 18.8 Å². The van der Waals surface area contributed by atoms with Crippen LogP contribution in [0.4, 0.5) is 4.79 Å². The second-order valence-corrected chi connectivity index (χ2v) is 10.6. The fourth-order valence-electron chi connectivity index (χ4n) is 5.93. The van der Waals surface area contributed by atoms with Crippen molar-refractivity contribution in [1.82, 2.24) is 15.5 Å². The summed E-state index contributed by atoms with van der Waals surface area (Å²) in [5, 5.41) is 14.2. The van der Waals surface area contributed by atoms with Crippen LogP contribution in [-0.2, 0) is 19.1 Å². The fourth-order valence-corrected chi connectivity index (χ4v) is 5.93. The lowest BCUT2D eigenvalue weighted by Gasteiger charge is -2.27. The zero-order chi connectivity index (χ0) is 31.0. The van der Waals surface area contributed by atoms with E-state index in [0.29, 0.717) is 0 Å². The van der Waals surface area contributed by atoms with Gasteiger partial charge in [0.05, 0.1) is 17.7 Å². The number of carbonyl (C=O) groups excluding carboxylic acids is 5. The molecule has 1 fully saturated rings. The number of fused-ring (bicyclic) bond motifs is 4. The smallest absolute Gasteiger partial charge is 0.407 e. The highest BCUT2D eigenvalue weighted by Gasteiger charge is 2.46. The van der Waals surface area contributed by atoms with Crippen molar-refractivity contribution in [2.24, 2.45) is 0 Å². The van der Waals surface area contributed by atoms with Gasteiger partial charge in [-0.1, -0.05) is 54.6 Å². The molecule has 1 unspecified atom stereocenters. The lowest BCUT2D eigenvalue weighted by Crippen LogP contribution is -2.54. The Bertz CT molecular complexity index is 1670. The molecule has 2 aliphatic heterocycles. The molecule has 0 radical (unpaired) electrons. The largest absolute Gasteiger partial charge is 0.493 e. The number of aliphatic carboxylic acids is 1. The van der Waals surface area contributed by atoms with E-state index in [1.54, 1.807) is 0 Å². The van der Waals surface area contributed by atoms with Crippen LogP contribution in [0.1, 0.15) is 57.0 Å². The van der Waals surface area contributed by atoms with Crippen LogP contribution in [0.15, 0.2) is 66.7 Å². The van der Waals surface area contributed by atoms with Crippen LogP contribution in [0.25, 0.3) is 11.1 Å². The average molecular weight is 598 g/mol. The zero-order valence-corrected chi connectivity index (χ0v) is 23.3. The molecule has 0 bridgehead atoms. The van der Waals surface area contributed by atoms with Crippen LogP contribution in [0, 0.1) is 0 Å². The number of hydrogen-bond donors (Lipinski definition) is 3. The van der Waals surface area contributed by atoms with Crippen LogP contribution in [0.3, 0.4) is 0 Å². The van der Waals surface area contributed by atoms with Gasteiger partial charge in [-0.25, -0.2) is 9.59 Å². The summed E-state index contributed by atoms with van der Waals surface area (Å²) in [6, 6.07) is 17.5. The number of nitrogens with zero attached hydrogens (tertiary/aromatic N) is 1. The van der Waals surface area contributed by atoms with E-state index in [2.05, 4.69) is 10.6 Å². The van der Waals surface area contributed by atoms with Gasteiger partial charge in [0.1, 0.15) is 24.4 Å². The monoisotopic (exact) mass is 597 g/mol. The maximum absolute atomic E-state index is 13.2. The Labute approximate surface area is 250 Å². The third kappa shape index (κ3) is 5.14. The molecule has 12 nitrogen and oxygen atoms in total. The Morgan fingerprint density at radius 3 is 2.23 bits per heavy atom. The van der Waals surface area contributed by atoms with Crippen LogP contribution < -0.4 is 15.4 Å². The van der Waals surface area contributed by atoms with E-state index in [9.17, 15) is 33.9 Å². The van der Waals surface area contributed by atoms with E-state index >= 15 is 0 Å². The van der Waals surface area contributed by atoms with Crippen LogP contribution in [-0.4, -0.2) is 71.0 Å². The molecule has 224 valence electrons. The van der Waals surface area contributed by atoms with Gasteiger partial charge in [-0.2, -0.15) is 0 Å². The fraction of sp³-hybridized carbons (Fsp3) is 0.250. The van der Waals surface area contributed by atoms with Crippen LogP contribution in [0.5, 0.6) is 5.75 Å². The van der Waals surface area contributed by atoms with Crippen molar-refractivity contribution in [3.05, 3.63) is 89.0 Å². The SMILES string of the molecule is O=C1CCC(N2C(=O)c3cccc(OCC[C@H](NC(=O)OCC4c5ccccc5-c5ccccc54)C(=O)O)c3C2=O)C(=O)N1. The van der Waals surface area contributed by atoms with Gasteiger partial charge in [0.25, 0.3) is 11.8 Å². The quantitative estimate of drug-likeness (QED) is 0.314. The molecule has 2 atom stereocenters. The first kappa shape index (κ1) is 28.6. The second-order valence-electron chi connectivity index (χ2n) is 10.6. The number of rotatable bonds is 9. The predicted octanol–water partition coefficient (Wildman–Crippen LogP) is 2.85. The number of nitrogens with one attached hydrogen (secondary N) is 2. The van der Waals surface area contributed by atoms with Gasteiger partial charge in [0.15, 0.2) is 0 Å². The van der Waals surface area contributed by atoms with Crippen molar-refractivity contribution in [1.29, 1.82) is 0 Å². The lowest BCUT2D eigenvalue weighted by atomic mass is 9.98. The molecule has 3 N–H and O–H groups in total. The minimum atomic E-state index is -1.36. The van der Waals surface area contributed by atoms with Gasteiger partial charge in [0.2, 0.25) is 11.8 Å². The molecule has 5 amide bonds. The standard InChI is InChI=1S/C32H27N3O9/c36-26-13-12-24(28(37)34-26)35-29(38)21-10-5-11-25(27(21)30(35)39)43-15-14-23(31(40)41)33-32(42)44-16-22-19-8-3-1-6-17(19)18-7-2-4-9-20(18)22/h1-11,22-24H,12-16H2,(H,33,42)(H,40,41)(H,34,36,37)/t23-,24?/m0/s1. The molecule has 0 aromatic heterocycles. The number of carboxylic acids is 1. The Kier molecular flexibility index (Phi) is 7.56. The summed E-state index contributed by atoms with van der Waals surface area (Å²) in [6.45, 7) is -0.213. The first-order valence-corrected chi connectivity index (χ1v) is 14.1. The van der Waals surface area contributed by atoms with E-state index in [0.717, 1.165) is 27.2 Å². The Morgan fingerprint density at radius 1 is 0.909 bits per heavy atom. The van der Waals surface area contributed by atoms with E-state index in [1.807, 2.05) is 48.5 Å². The molecule has 6 rings (SSSR count). The maximum atomic E-state index is 13.2. The summed E-state index contributed by atoms with van der Waals surface area (Å²) in [4.78, 5) is 75.5. The van der Waals surface area contributed by atoms with Crippen LogP contribution >= 0.6 is 0 Å². The first-order chi connectivity index (χ1) is 21.2. The summed E-state index contributed by atoms with van der Waals surface area (Å²) in [5.74, 6) is -4.13. The molecule has 12 heteroatoms. The van der Waals surface area contributed by atoms with Crippen molar-refractivity contribution < 1.29 is 43.3 Å². The average Bonchev–Trinajstić information content (AvgIpc) is 3.47. The highest BCUT2D eigenvalue weighted by atomic mass is 16.5. The van der Waals surface area contributed by atoms with Crippen molar-refractivity contribution in [3.63, 3.8) is 0 Å². The number of alkyl carbamates (subject to hydrolysis) is 1. The summed E-state index contributed by atoms with van der Waals surface area (Å²) < 4.78 is 11.2. The number of imide groups is 2. The maximum Gasteiger partial charge on any atom is 0.407 e. The summed E-state index contributed by atoms with van der Waals surface area (Å²) in [6.07, 6.45) is -1.09. The number of carbonyl (C=O) groups is 6. The normalized spacial score (nSPS) is 17.8. The second kappa shape index (κ2) is 11.6. The number of piperidine rings is 1. The van der Waals surface area contributed by atoms with Gasteiger partial charge < -0.3 is 19.9 Å². The molecule has 1 saturated heterocycles. The highest BCUT2D eigenvalue weighted by molar-refractivity contribution is 6.24. The van der Waals surface area contributed by atoms with Gasteiger partial charge in [-0.3, -0.25) is 29.4 Å². The van der Waals surface area contributed by atoms with E-state index in [1.165, 1.54) is 18.2 Å². The van der Waals surface area contributed by atoms with E-state index < -0.39 is 47.8 Å². The summed E-state index contributed by atoms with van der Waals surface area (Å²) in [5.41, 5.74) is 4.13. The molecule has 0 spiro atoms. The molecular weight excluding hydrogens is 570 g/mol. The molecule has 3 aliphatic rings. The van der Waals surface area contributed by atoms with Crippen molar-refractivity contribution >= 4 is 35.7 Å². The summed E-state index contributed by atoms with van der Waals surface area (Å²) in [7, 11) is 0. The van der Waals surface area contributed by atoms with Crippen molar-refractivity contribution in [2.45, 2.75) is 37.3 Å². The van der Waals surface area contributed by atoms with Crippen molar-refractivity contribution in [2.75, 3.05) is 13.2 Å². The Hall–Kier alpha value is -5.52. The van der Waals surface area contributed by atoms with E-state index in [-0.39, 0.29) is 55.3 Å². The van der Waals surface area contributed by atoms with Gasteiger partial charge >= 0.3 is 12.1 Å². The minimum absolute atomic E-state index is 0.00809. The molecule has 3 aromatic carbocycles. The van der Waals surface area contributed by atoms with E-state index in [4.69, 9.17) is 9.47 Å². The summed E-state index contributed by atoms with van der Waals surface area (Å²) >= 11 is 0. The number of hydrogen-bond acceptors (Lipinski definition) is 8. The first-order valence-electron chi connectivity index (χ1n) is 14.1. The van der Waals surface area contributed by atoms with Crippen molar-refractivity contribution in [3.8, 4) is 16.9 Å². The number of carboxylic acid groups (broad SMARTS) is 1. The number of amides is 5. The molecule has 44 heavy (non-hydrogen) atoms. The molecule has 0 saturated carbocycles. The Balaban J connectivity index is 1.07. The predicted molar refractivity (Wildman–Crippen MR) is 153 cm³/mol. The third-order valence-corrected chi connectivity index (χ3v) is 8.03. The molecular formula is C32H27N3O9.